The molecule has 0 bridgehead atoms. The number of fused-ring (bicyclic) bond motifs is 1. The molecule has 5 nitrogen and oxygen atoms in total. The first-order valence-electron chi connectivity index (χ1n) is 6.60. The van der Waals surface area contributed by atoms with Crippen molar-refractivity contribution in [1.82, 2.24) is 15.5 Å². The Morgan fingerprint density at radius 1 is 1.32 bits per heavy atom. The van der Waals surface area contributed by atoms with E-state index in [9.17, 15) is 0 Å². The summed E-state index contributed by atoms with van der Waals surface area (Å²) in [4.78, 5) is 4.35. The average Bonchev–Trinajstić information content (AvgIpc) is 3.06. The first-order valence-corrected chi connectivity index (χ1v) is 6.60. The zero-order valence-electron chi connectivity index (χ0n) is 11.0. The molecular formula is C14H17N3O2. The van der Waals surface area contributed by atoms with Gasteiger partial charge in [-0.05, 0) is 29.7 Å². The summed E-state index contributed by atoms with van der Waals surface area (Å²) in [6.45, 7) is 5.04. The molecule has 1 aromatic heterocycles. The highest BCUT2D eigenvalue weighted by molar-refractivity contribution is 5.56. The van der Waals surface area contributed by atoms with E-state index in [1.807, 2.05) is 6.07 Å². The Morgan fingerprint density at radius 3 is 3.11 bits per heavy atom. The lowest BCUT2D eigenvalue weighted by molar-refractivity contribution is 0.114. The maximum atomic E-state index is 5.40. The zero-order valence-corrected chi connectivity index (χ0v) is 11.0. The fraction of sp³-hybridized carbons (Fsp3) is 0.429. The summed E-state index contributed by atoms with van der Waals surface area (Å²) in [5.41, 5.74) is 3.62. The number of rotatable bonds is 5. The van der Waals surface area contributed by atoms with E-state index in [-0.39, 0.29) is 0 Å². The Hall–Kier alpha value is -1.72. The molecule has 0 fully saturated rings. The van der Waals surface area contributed by atoms with Gasteiger partial charge in [0.25, 0.3) is 5.89 Å². The highest BCUT2D eigenvalue weighted by atomic mass is 16.5. The van der Waals surface area contributed by atoms with E-state index in [1.165, 1.54) is 11.1 Å². The smallest absolute Gasteiger partial charge is 0.258 e. The van der Waals surface area contributed by atoms with Crippen LogP contribution < -0.4 is 5.32 Å². The molecule has 0 atom stereocenters. The molecule has 1 aliphatic rings. The number of hydrogen-bond donors (Lipinski definition) is 1. The van der Waals surface area contributed by atoms with Crippen LogP contribution in [0.5, 0.6) is 0 Å². The number of nitrogens with zero attached hydrogens (tertiary/aromatic N) is 2. The van der Waals surface area contributed by atoms with Gasteiger partial charge < -0.3 is 14.6 Å². The van der Waals surface area contributed by atoms with E-state index < -0.39 is 0 Å². The lowest BCUT2D eigenvalue weighted by Gasteiger charge is -1.99. The van der Waals surface area contributed by atoms with E-state index in [4.69, 9.17) is 9.26 Å². The van der Waals surface area contributed by atoms with E-state index >= 15 is 0 Å². The Bertz CT molecular complexity index is 566. The van der Waals surface area contributed by atoms with Gasteiger partial charge in [0.15, 0.2) is 5.82 Å². The molecule has 0 unspecified atom stereocenters. The first-order chi connectivity index (χ1) is 9.36. The van der Waals surface area contributed by atoms with Gasteiger partial charge in [0, 0.05) is 25.3 Å². The molecule has 1 N–H and O–H groups in total. The van der Waals surface area contributed by atoms with Crippen LogP contribution in [-0.2, 0) is 24.4 Å². The van der Waals surface area contributed by atoms with Gasteiger partial charge in [-0.15, -0.1) is 0 Å². The predicted octanol–water partition coefficient (Wildman–Crippen LogP) is 2.27. The van der Waals surface area contributed by atoms with E-state index in [0.717, 1.165) is 25.1 Å². The third kappa shape index (κ3) is 2.67. The second-order valence-electron chi connectivity index (χ2n) is 4.66. The van der Waals surface area contributed by atoms with E-state index in [2.05, 4.69) is 34.5 Å². The molecule has 19 heavy (non-hydrogen) atoms. The van der Waals surface area contributed by atoms with Gasteiger partial charge in [-0.3, -0.25) is 0 Å². The first kappa shape index (κ1) is 12.3. The van der Waals surface area contributed by atoms with Crippen molar-refractivity contribution in [3.63, 3.8) is 0 Å². The van der Waals surface area contributed by atoms with E-state index in [1.54, 1.807) is 0 Å². The molecule has 1 aromatic carbocycles. The molecule has 0 radical (unpaired) electrons. The van der Waals surface area contributed by atoms with Crippen LogP contribution in [-0.4, -0.2) is 16.7 Å². The number of aromatic nitrogens is 2. The van der Waals surface area contributed by atoms with Crippen molar-refractivity contribution in [1.29, 1.82) is 0 Å². The number of hydrogen-bond acceptors (Lipinski definition) is 5. The van der Waals surface area contributed by atoms with Crippen LogP contribution in [0.2, 0.25) is 0 Å². The number of benzene rings is 1. The molecule has 0 saturated carbocycles. The molecule has 2 aromatic rings. The maximum Gasteiger partial charge on any atom is 0.258 e. The fourth-order valence-corrected chi connectivity index (χ4v) is 2.17. The highest BCUT2D eigenvalue weighted by Crippen LogP contribution is 2.23. The van der Waals surface area contributed by atoms with Gasteiger partial charge in [-0.25, -0.2) is 0 Å². The molecule has 0 amide bonds. The minimum absolute atomic E-state index is 0.407. The number of nitrogens with one attached hydrogen (secondary N) is 1. The van der Waals surface area contributed by atoms with Crippen molar-refractivity contribution < 1.29 is 9.26 Å². The van der Waals surface area contributed by atoms with E-state index in [0.29, 0.717) is 24.9 Å². The summed E-state index contributed by atoms with van der Waals surface area (Å²) >= 11 is 0. The molecule has 3 rings (SSSR count). The largest absolute Gasteiger partial charge is 0.373 e. The standard InChI is InChI=1S/C14H17N3O2/c1-2-5-18-9-13-16-14(19-17-13)10-3-4-11-7-15-8-12(11)6-10/h3-4,6,15H,2,5,7-9H2,1H3. The van der Waals surface area contributed by atoms with Gasteiger partial charge >= 0.3 is 0 Å². The van der Waals surface area contributed by atoms with Crippen molar-refractivity contribution in [3.05, 3.63) is 35.2 Å². The molecule has 0 spiro atoms. The zero-order chi connectivity index (χ0) is 13.1. The molecule has 1 aliphatic heterocycles. The van der Waals surface area contributed by atoms with Crippen LogP contribution >= 0.6 is 0 Å². The lowest BCUT2D eigenvalue weighted by Crippen LogP contribution is -1.99. The van der Waals surface area contributed by atoms with Crippen LogP contribution in [0.25, 0.3) is 11.5 Å². The van der Waals surface area contributed by atoms with Gasteiger partial charge in [0.2, 0.25) is 0 Å². The summed E-state index contributed by atoms with van der Waals surface area (Å²) in [6.07, 6.45) is 0.989. The molecule has 5 heteroatoms. The quantitative estimate of drug-likeness (QED) is 0.835. The van der Waals surface area contributed by atoms with Crippen LogP contribution in [0.15, 0.2) is 22.7 Å². The third-order valence-corrected chi connectivity index (χ3v) is 3.13. The van der Waals surface area contributed by atoms with Crippen LogP contribution in [0, 0.1) is 0 Å². The second kappa shape index (κ2) is 5.50. The average molecular weight is 259 g/mol. The minimum Gasteiger partial charge on any atom is -0.373 e. The Kier molecular flexibility index (Phi) is 3.57. The normalized spacial score (nSPS) is 13.7. The SMILES string of the molecule is CCCOCc1noc(-c2ccc3c(c2)CNC3)n1. The molecule has 2 heterocycles. The Balaban J connectivity index is 1.75. The van der Waals surface area contributed by atoms with Crippen molar-refractivity contribution in [3.8, 4) is 11.5 Å². The van der Waals surface area contributed by atoms with Crippen molar-refractivity contribution in [2.75, 3.05) is 6.61 Å². The fourth-order valence-electron chi connectivity index (χ4n) is 2.17. The van der Waals surface area contributed by atoms with Gasteiger partial charge in [0.05, 0.1) is 0 Å². The van der Waals surface area contributed by atoms with Crippen LogP contribution in [0.3, 0.4) is 0 Å². The third-order valence-electron chi connectivity index (χ3n) is 3.13. The predicted molar refractivity (Wildman–Crippen MR) is 70.2 cm³/mol. The molecular weight excluding hydrogens is 242 g/mol. The van der Waals surface area contributed by atoms with Crippen LogP contribution in [0.4, 0.5) is 0 Å². The maximum absolute atomic E-state index is 5.40. The summed E-state index contributed by atoms with van der Waals surface area (Å²) in [7, 11) is 0. The van der Waals surface area contributed by atoms with Gasteiger partial charge in [-0.2, -0.15) is 4.98 Å². The summed E-state index contributed by atoms with van der Waals surface area (Å²) in [5.74, 6) is 1.16. The van der Waals surface area contributed by atoms with Crippen molar-refractivity contribution in [2.45, 2.75) is 33.0 Å². The minimum atomic E-state index is 0.407. The monoisotopic (exact) mass is 259 g/mol. The lowest BCUT2D eigenvalue weighted by atomic mass is 10.1. The van der Waals surface area contributed by atoms with Gasteiger partial charge in [-0.1, -0.05) is 18.1 Å². The molecule has 0 saturated heterocycles. The second-order valence-corrected chi connectivity index (χ2v) is 4.66. The topological polar surface area (TPSA) is 60.2 Å². The summed E-state index contributed by atoms with van der Waals surface area (Å²) in [6, 6.07) is 6.25. The van der Waals surface area contributed by atoms with Crippen molar-refractivity contribution in [2.24, 2.45) is 0 Å². The summed E-state index contributed by atoms with van der Waals surface area (Å²) < 4.78 is 10.7. The Morgan fingerprint density at radius 2 is 2.21 bits per heavy atom. The van der Waals surface area contributed by atoms with Crippen LogP contribution in [0.1, 0.15) is 30.3 Å². The number of ether oxygens (including phenoxy) is 1. The van der Waals surface area contributed by atoms with Gasteiger partial charge in [0.1, 0.15) is 6.61 Å². The highest BCUT2D eigenvalue weighted by Gasteiger charge is 2.14. The Labute approximate surface area is 112 Å². The van der Waals surface area contributed by atoms with Crippen molar-refractivity contribution >= 4 is 0 Å². The molecule has 0 aliphatic carbocycles. The summed E-state index contributed by atoms with van der Waals surface area (Å²) in [5, 5.41) is 7.25. The molecule has 100 valence electrons.